The lowest BCUT2D eigenvalue weighted by Crippen LogP contribution is -2.33. The molecule has 0 fully saturated rings. The van der Waals surface area contributed by atoms with Gasteiger partial charge in [-0.15, -0.1) is 0 Å². The van der Waals surface area contributed by atoms with E-state index in [0.717, 1.165) is 48.6 Å². The fourth-order valence-electron chi connectivity index (χ4n) is 3.00. The fraction of sp³-hybridized carbons (Fsp3) is 0.278. The molecular weight excluding hydrogens is 298 g/mol. The smallest absolute Gasteiger partial charge is 0.335 e. The van der Waals surface area contributed by atoms with E-state index >= 15 is 0 Å². The average molecular weight is 316 g/mol. The van der Waals surface area contributed by atoms with Crippen molar-refractivity contribution in [1.82, 2.24) is 4.90 Å². The summed E-state index contributed by atoms with van der Waals surface area (Å²) in [5.41, 5.74) is 3.87. The highest BCUT2D eigenvalue weighted by Gasteiger charge is 2.20. The van der Waals surface area contributed by atoms with Crippen LogP contribution >= 0.6 is 11.6 Å². The third-order valence-electron chi connectivity index (χ3n) is 4.21. The zero-order chi connectivity index (χ0) is 15.5. The lowest BCUT2D eigenvalue weighted by molar-refractivity contribution is 0.0694. The van der Waals surface area contributed by atoms with E-state index in [-0.39, 0.29) is 0 Å². The van der Waals surface area contributed by atoms with E-state index in [0.29, 0.717) is 5.56 Å². The minimum atomic E-state index is -0.827. The lowest BCUT2D eigenvalue weighted by Gasteiger charge is -2.29. The van der Waals surface area contributed by atoms with E-state index in [1.165, 1.54) is 5.56 Å². The number of carboxylic acid groups (broad SMARTS) is 1. The molecule has 0 bridgehead atoms. The Bertz CT molecular complexity index is 682. The van der Waals surface area contributed by atoms with Gasteiger partial charge in [-0.3, -0.25) is 4.90 Å². The predicted molar refractivity (Wildman–Crippen MR) is 87.5 cm³/mol. The summed E-state index contributed by atoms with van der Waals surface area (Å²) in [6.45, 7) is 2.70. The molecule has 1 heterocycles. The van der Waals surface area contributed by atoms with Gasteiger partial charge >= 0.3 is 5.97 Å². The van der Waals surface area contributed by atoms with Gasteiger partial charge in [-0.2, -0.15) is 0 Å². The molecule has 4 heteroatoms. The molecule has 0 aliphatic carbocycles. The summed E-state index contributed by atoms with van der Waals surface area (Å²) >= 11 is 5.90. The van der Waals surface area contributed by atoms with Gasteiger partial charge < -0.3 is 5.11 Å². The first-order valence-corrected chi connectivity index (χ1v) is 7.82. The molecule has 0 spiro atoms. The normalized spacial score (nSPS) is 14.6. The van der Waals surface area contributed by atoms with Crippen LogP contribution in [0.2, 0.25) is 5.02 Å². The van der Waals surface area contributed by atoms with Crippen molar-refractivity contribution in [3.63, 3.8) is 0 Å². The molecule has 0 atom stereocenters. The predicted octanol–water partition coefficient (Wildman–Crippen LogP) is 3.64. The molecule has 114 valence electrons. The summed E-state index contributed by atoms with van der Waals surface area (Å²) in [6.07, 6.45) is 1.78. The Morgan fingerprint density at radius 1 is 1.18 bits per heavy atom. The molecule has 0 saturated carbocycles. The fourth-order valence-corrected chi connectivity index (χ4v) is 3.12. The van der Waals surface area contributed by atoms with Gasteiger partial charge in [-0.05, 0) is 47.7 Å². The van der Waals surface area contributed by atoms with Gasteiger partial charge in [0.25, 0.3) is 0 Å². The number of fused-ring (bicyclic) bond motifs is 1. The van der Waals surface area contributed by atoms with E-state index in [4.69, 9.17) is 11.6 Å². The zero-order valence-electron chi connectivity index (χ0n) is 12.3. The van der Waals surface area contributed by atoms with E-state index in [9.17, 15) is 9.90 Å². The number of rotatable bonds is 4. The van der Waals surface area contributed by atoms with Gasteiger partial charge in [-0.1, -0.05) is 35.9 Å². The SMILES string of the molecule is O=C(O)c1cccc2c1CCN(CCc1ccc(Cl)cc1)C2. The van der Waals surface area contributed by atoms with Crippen LogP contribution in [0.25, 0.3) is 0 Å². The number of benzene rings is 2. The molecular formula is C18H18ClNO2. The van der Waals surface area contributed by atoms with Gasteiger partial charge in [0.15, 0.2) is 0 Å². The maximum absolute atomic E-state index is 11.3. The summed E-state index contributed by atoms with van der Waals surface area (Å²) in [7, 11) is 0. The molecule has 22 heavy (non-hydrogen) atoms. The second-order valence-corrected chi connectivity index (χ2v) is 6.09. The minimum Gasteiger partial charge on any atom is -0.478 e. The number of hydrogen-bond donors (Lipinski definition) is 1. The van der Waals surface area contributed by atoms with Crippen LogP contribution in [0, 0.1) is 0 Å². The van der Waals surface area contributed by atoms with Crippen molar-refractivity contribution in [2.45, 2.75) is 19.4 Å². The molecule has 3 rings (SSSR count). The lowest BCUT2D eigenvalue weighted by atomic mass is 9.94. The third-order valence-corrected chi connectivity index (χ3v) is 4.46. The minimum absolute atomic E-state index is 0.454. The molecule has 1 aliphatic heterocycles. The van der Waals surface area contributed by atoms with Crippen LogP contribution in [-0.4, -0.2) is 29.1 Å². The maximum Gasteiger partial charge on any atom is 0.335 e. The quantitative estimate of drug-likeness (QED) is 0.936. The molecule has 0 aromatic heterocycles. The van der Waals surface area contributed by atoms with Crippen LogP contribution < -0.4 is 0 Å². The summed E-state index contributed by atoms with van der Waals surface area (Å²) in [5.74, 6) is -0.827. The summed E-state index contributed by atoms with van der Waals surface area (Å²) in [6, 6.07) is 13.5. The summed E-state index contributed by atoms with van der Waals surface area (Å²) < 4.78 is 0. The Morgan fingerprint density at radius 2 is 1.95 bits per heavy atom. The van der Waals surface area contributed by atoms with Crippen LogP contribution in [0.15, 0.2) is 42.5 Å². The monoisotopic (exact) mass is 315 g/mol. The molecule has 0 radical (unpaired) electrons. The highest BCUT2D eigenvalue weighted by Crippen LogP contribution is 2.23. The van der Waals surface area contributed by atoms with Crippen molar-refractivity contribution in [2.24, 2.45) is 0 Å². The summed E-state index contributed by atoms with van der Waals surface area (Å²) in [5, 5.41) is 10.0. The molecule has 3 nitrogen and oxygen atoms in total. The van der Waals surface area contributed by atoms with Crippen molar-refractivity contribution in [3.8, 4) is 0 Å². The second kappa shape index (κ2) is 6.51. The number of carboxylic acids is 1. The third kappa shape index (κ3) is 3.32. The van der Waals surface area contributed by atoms with Crippen LogP contribution in [-0.2, 0) is 19.4 Å². The first kappa shape index (κ1) is 15.1. The first-order chi connectivity index (χ1) is 10.6. The first-order valence-electron chi connectivity index (χ1n) is 7.44. The number of hydrogen-bond acceptors (Lipinski definition) is 2. The number of aromatic carboxylic acids is 1. The molecule has 0 unspecified atom stereocenters. The van der Waals surface area contributed by atoms with Crippen molar-refractivity contribution in [3.05, 3.63) is 69.7 Å². The van der Waals surface area contributed by atoms with Crippen LogP contribution in [0.4, 0.5) is 0 Å². The number of carbonyl (C=O) groups is 1. The maximum atomic E-state index is 11.3. The van der Waals surface area contributed by atoms with Gasteiger partial charge in [0.2, 0.25) is 0 Å². The van der Waals surface area contributed by atoms with Crippen molar-refractivity contribution >= 4 is 17.6 Å². The Labute approximate surface area is 135 Å². The molecule has 1 N–H and O–H groups in total. The second-order valence-electron chi connectivity index (χ2n) is 5.65. The van der Waals surface area contributed by atoms with Gasteiger partial charge in [0.1, 0.15) is 0 Å². The topological polar surface area (TPSA) is 40.5 Å². The molecule has 0 amide bonds. The molecule has 2 aromatic rings. The molecule has 1 aliphatic rings. The van der Waals surface area contributed by atoms with Crippen molar-refractivity contribution < 1.29 is 9.90 Å². The van der Waals surface area contributed by atoms with Gasteiger partial charge in [0, 0.05) is 24.7 Å². The zero-order valence-corrected chi connectivity index (χ0v) is 13.0. The van der Waals surface area contributed by atoms with E-state index in [2.05, 4.69) is 17.0 Å². The van der Waals surface area contributed by atoms with Crippen LogP contribution in [0.1, 0.15) is 27.0 Å². The van der Waals surface area contributed by atoms with Gasteiger partial charge in [-0.25, -0.2) is 4.79 Å². The van der Waals surface area contributed by atoms with Crippen molar-refractivity contribution in [1.29, 1.82) is 0 Å². The van der Waals surface area contributed by atoms with E-state index < -0.39 is 5.97 Å². The number of nitrogens with zero attached hydrogens (tertiary/aromatic N) is 1. The highest BCUT2D eigenvalue weighted by molar-refractivity contribution is 6.30. The average Bonchev–Trinajstić information content (AvgIpc) is 2.53. The van der Waals surface area contributed by atoms with Crippen LogP contribution in [0.5, 0.6) is 0 Å². The number of halogens is 1. The highest BCUT2D eigenvalue weighted by atomic mass is 35.5. The Hall–Kier alpha value is -1.84. The van der Waals surface area contributed by atoms with Crippen LogP contribution in [0.3, 0.4) is 0 Å². The Balaban J connectivity index is 1.66. The van der Waals surface area contributed by atoms with E-state index in [1.54, 1.807) is 6.07 Å². The summed E-state index contributed by atoms with van der Waals surface area (Å²) in [4.78, 5) is 13.6. The van der Waals surface area contributed by atoms with Crippen molar-refractivity contribution in [2.75, 3.05) is 13.1 Å². The Kier molecular flexibility index (Phi) is 4.46. The largest absolute Gasteiger partial charge is 0.478 e. The van der Waals surface area contributed by atoms with E-state index in [1.807, 2.05) is 24.3 Å². The standard InChI is InChI=1S/C18H18ClNO2/c19-15-6-4-13(5-7-15)8-10-20-11-9-16-14(12-20)2-1-3-17(16)18(21)22/h1-7H,8-12H2,(H,21,22). The van der Waals surface area contributed by atoms with Gasteiger partial charge in [0.05, 0.1) is 5.56 Å². The Morgan fingerprint density at radius 3 is 2.68 bits per heavy atom. The molecule has 0 saturated heterocycles. The molecule has 2 aromatic carbocycles.